The fourth-order valence-electron chi connectivity index (χ4n) is 3.69. The van der Waals surface area contributed by atoms with E-state index in [9.17, 15) is 9.59 Å². The Hall–Kier alpha value is -2.83. The highest BCUT2D eigenvalue weighted by atomic mass is 16.5. The molecule has 1 atom stereocenters. The Balaban J connectivity index is 1.44. The zero-order chi connectivity index (χ0) is 18.8. The van der Waals surface area contributed by atoms with Crippen LogP contribution in [0.3, 0.4) is 0 Å². The largest absolute Gasteiger partial charge is 0.485 e. The standard InChI is InChI=1S/C20H24N4O3/c1-22-11-6-15(13-18(22)25)20(26)24-12-7-16(14-24)27-17-5-4-8-21-19(17)23-9-2-3-10-23/h4-6,8,11,13,16H,2-3,7,9-10,12,14H2,1H3/t16-/m0/s1. The number of hydrogen-bond donors (Lipinski definition) is 0. The fraction of sp³-hybridized carbons (Fsp3) is 0.450. The molecule has 0 bridgehead atoms. The van der Waals surface area contributed by atoms with E-state index in [0.29, 0.717) is 18.7 Å². The van der Waals surface area contributed by atoms with Gasteiger partial charge in [0.2, 0.25) is 0 Å². The van der Waals surface area contributed by atoms with Crippen molar-refractivity contribution >= 4 is 11.7 Å². The fourth-order valence-corrected chi connectivity index (χ4v) is 3.69. The molecule has 0 spiro atoms. The number of hydrogen-bond acceptors (Lipinski definition) is 5. The summed E-state index contributed by atoms with van der Waals surface area (Å²) in [7, 11) is 1.67. The number of anilines is 1. The van der Waals surface area contributed by atoms with Gasteiger partial charge in [0.15, 0.2) is 11.6 Å². The molecule has 7 nitrogen and oxygen atoms in total. The molecule has 0 radical (unpaired) electrons. The first kappa shape index (κ1) is 17.6. The van der Waals surface area contributed by atoms with E-state index in [4.69, 9.17) is 4.74 Å². The summed E-state index contributed by atoms with van der Waals surface area (Å²) in [4.78, 5) is 33.0. The van der Waals surface area contributed by atoms with E-state index >= 15 is 0 Å². The molecule has 1 amide bonds. The van der Waals surface area contributed by atoms with Crippen LogP contribution in [0.5, 0.6) is 5.75 Å². The number of carbonyl (C=O) groups excluding carboxylic acids is 1. The van der Waals surface area contributed by atoms with Gasteiger partial charge in [-0.3, -0.25) is 9.59 Å². The van der Waals surface area contributed by atoms with E-state index < -0.39 is 0 Å². The quantitative estimate of drug-likeness (QED) is 0.821. The molecule has 2 aromatic heterocycles. The van der Waals surface area contributed by atoms with Crippen LogP contribution in [0.25, 0.3) is 0 Å². The molecule has 2 aromatic rings. The van der Waals surface area contributed by atoms with Crippen molar-refractivity contribution in [1.82, 2.24) is 14.5 Å². The summed E-state index contributed by atoms with van der Waals surface area (Å²) in [5.74, 6) is 1.56. The van der Waals surface area contributed by atoms with E-state index in [2.05, 4.69) is 9.88 Å². The third-order valence-electron chi connectivity index (χ3n) is 5.23. The highest BCUT2D eigenvalue weighted by Crippen LogP contribution is 2.30. The van der Waals surface area contributed by atoms with E-state index in [-0.39, 0.29) is 17.6 Å². The maximum Gasteiger partial charge on any atom is 0.254 e. The molecule has 0 N–H and O–H groups in total. The SMILES string of the molecule is Cn1ccc(C(=O)N2CC[C@H](Oc3cccnc3N3CCCC3)C2)cc1=O. The summed E-state index contributed by atoms with van der Waals surface area (Å²) in [6, 6.07) is 6.91. The van der Waals surface area contributed by atoms with Crippen LogP contribution in [0.15, 0.2) is 41.5 Å². The van der Waals surface area contributed by atoms with Crippen molar-refractivity contribution in [2.45, 2.75) is 25.4 Å². The third kappa shape index (κ3) is 3.67. The van der Waals surface area contributed by atoms with Crippen LogP contribution in [-0.2, 0) is 7.05 Å². The van der Waals surface area contributed by atoms with Crippen LogP contribution < -0.4 is 15.2 Å². The Bertz CT molecular complexity index is 889. The number of amides is 1. The zero-order valence-electron chi connectivity index (χ0n) is 15.5. The van der Waals surface area contributed by atoms with Gasteiger partial charge in [0.25, 0.3) is 11.5 Å². The van der Waals surface area contributed by atoms with Crippen molar-refractivity contribution < 1.29 is 9.53 Å². The maximum absolute atomic E-state index is 12.7. The van der Waals surface area contributed by atoms with Gasteiger partial charge in [0.1, 0.15) is 6.10 Å². The summed E-state index contributed by atoms with van der Waals surface area (Å²) in [5, 5.41) is 0. The Kier molecular flexibility index (Phi) is 4.83. The van der Waals surface area contributed by atoms with Crippen molar-refractivity contribution in [3.63, 3.8) is 0 Å². The van der Waals surface area contributed by atoms with Crippen LogP contribution in [0.1, 0.15) is 29.6 Å². The Morgan fingerprint density at radius 1 is 1.22 bits per heavy atom. The van der Waals surface area contributed by atoms with Gasteiger partial charge in [-0.25, -0.2) is 4.98 Å². The molecule has 0 saturated carbocycles. The molecule has 4 rings (SSSR count). The topological polar surface area (TPSA) is 67.7 Å². The monoisotopic (exact) mass is 368 g/mol. The molecule has 0 aromatic carbocycles. The first-order valence-electron chi connectivity index (χ1n) is 9.44. The van der Waals surface area contributed by atoms with Crippen LogP contribution in [0.4, 0.5) is 5.82 Å². The van der Waals surface area contributed by atoms with Gasteiger partial charge in [0.05, 0.1) is 6.54 Å². The van der Waals surface area contributed by atoms with Crippen molar-refractivity contribution in [2.75, 3.05) is 31.1 Å². The zero-order valence-corrected chi connectivity index (χ0v) is 15.5. The van der Waals surface area contributed by atoms with Crippen molar-refractivity contribution in [1.29, 1.82) is 0 Å². The molecule has 7 heteroatoms. The van der Waals surface area contributed by atoms with Crippen molar-refractivity contribution in [3.8, 4) is 5.75 Å². The van der Waals surface area contributed by atoms with Crippen molar-refractivity contribution in [2.24, 2.45) is 7.05 Å². The van der Waals surface area contributed by atoms with Gasteiger partial charge in [-0.05, 0) is 31.0 Å². The summed E-state index contributed by atoms with van der Waals surface area (Å²) in [6.07, 6.45) is 6.48. The minimum absolute atomic E-state index is 0.0638. The number of nitrogens with zero attached hydrogens (tertiary/aromatic N) is 4. The van der Waals surface area contributed by atoms with E-state index in [1.807, 2.05) is 12.1 Å². The van der Waals surface area contributed by atoms with Gasteiger partial charge in [-0.1, -0.05) is 0 Å². The first-order valence-corrected chi connectivity index (χ1v) is 9.44. The van der Waals surface area contributed by atoms with Gasteiger partial charge in [-0.15, -0.1) is 0 Å². The second kappa shape index (κ2) is 7.42. The molecular weight excluding hydrogens is 344 g/mol. The second-order valence-corrected chi connectivity index (χ2v) is 7.16. The lowest BCUT2D eigenvalue weighted by Crippen LogP contribution is -2.32. The molecule has 0 unspecified atom stereocenters. The predicted molar refractivity (Wildman–Crippen MR) is 102 cm³/mol. The van der Waals surface area contributed by atoms with E-state index in [1.165, 1.54) is 23.5 Å². The van der Waals surface area contributed by atoms with Crippen molar-refractivity contribution in [3.05, 3.63) is 52.6 Å². The number of carbonyl (C=O) groups is 1. The minimum atomic E-state index is -0.182. The molecule has 2 aliphatic rings. The van der Waals surface area contributed by atoms with Gasteiger partial charge in [-0.2, -0.15) is 0 Å². The second-order valence-electron chi connectivity index (χ2n) is 7.16. The molecule has 27 heavy (non-hydrogen) atoms. The number of ether oxygens (including phenoxy) is 1. The smallest absolute Gasteiger partial charge is 0.254 e. The number of rotatable bonds is 4. The first-order chi connectivity index (χ1) is 13.1. The molecule has 2 saturated heterocycles. The molecule has 4 heterocycles. The highest BCUT2D eigenvalue weighted by molar-refractivity contribution is 5.94. The molecule has 2 aliphatic heterocycles. The Morgan fingerprint density at radius 2 is 2.04 bits per heavy atom. The van der Waals surface area contributed by atoms with E-state index in [1.54, 1.807) is 30.4 Å². The van der Waals surface area contributed by atoms with Crippen LogP contribution in [0, 0.1) is 0 Å². The van der Waals surface area contributed by atoms with Gasteiger partial charge in [0, 0.05) is 57.1 Å². The lowest BCUT2D eigenvalue weighted by molar-refractivity contribution is 0.0772. The Morgan fingerprint density at radius 3 is 2.81 bits per heavy atom. The normalized spacial score (nSPS) is 19.5. The molecule has 142 valence electrons. The number of pyridine rings is 2. The lowest BCUT2D eigenvalue weighted by atomic mass is 10.2. The number of aryl methyl sites for hydroxylation is 1. The summed E-state index contributed by atoms with van der Waals surface area (Å²) >= 11 is 0. The molecular formula is C20H24N4O3. The minimum Gasteiger partial charge on any atom is -0.485 e. The maximum atomic E-state index is 12.7. The van der Waals surface area contributed by atoms with E-state index in [0.717, 1.165) is 31.1 Å². The summed E-state index contributed by atoms with van der Waals surface area (Å²) in [6.45, 7) is 3.15. The number of aromatic nitrogens is 2. The van der Waals surface area contributed by atoms with Gasteiger partial charge >= 0.3 is 0 Å². The van der Waals surface area contributed by atoms with Crippen LogP contribution in [-0.4, -0.2) is 52.6 Å². The summed E-state index contributed by atoms with van der Waals surface area (Å²) < 4.78 is 7.67. The van der Waals surface area contributed by atoms with Crippen LogP contribution in [0.2, 0.25) is 0 Å². The number of likely N-dealkylation sites (tertiary alicyclic amines) is 1. The summed E-state index contributed by atoms with van der Waals surface area (Å²) in [5.41, 5.74) is 0.247. The van der Waals surface area contributed by atoms with Gasteiger partial charge < -0.3 is 19.1 Å². The van der Waals surface area contributed by atoms with Crippen LogP contribution >= 0.6 is 0 Å². The third-order valence-corrected chi connectivity index (χ3v) is 5.23. The predicted octanol–water partition coefficient (Wildman–Crippen LogP) is 1.67. The lowest BCUT2D eigenvalue weighted by Gasteiger charge is -2.22. The average molecular weight is 368 g/mol. The average Bonchev–Trinajstić information content (AvgIpc) is 3.36. The molecule has 2 fully saturated rings. The molecule has 0 aliphatic carbocycles. The highest BCUT2D eigenvalue weighted by Gasteiger charge is 2.29. The Labute approximate surface area is 158 Å².